The van der Waals surface area contributed by atoms with Crippen LogP contribution in [0.4, 0.5) is 0 Å². The maximum atomic E-state index is 3.51. The Morgan fingerprint density at radius 3 is 1.68 bits per heavy atom. The summed E-state index contributed by atoms with van der Waals surface area (Å²) < 4.78 is 0. The second-order valence-electron chi connectivity index (χ2n) is 7.36. The van der Waals surface area contributed by atoms with Gasteiger partial charge in [0.2, 0.25) is 5.69 Å². The molecule has 28 heavy (non-hydrogen) atoms. The molecule has 0 unspecified atom stereocenters. The van der Waals surface area contributed by atoms with E-state index >= 15 is 0 Å². The van der Waals surface area contributed by atoms with Gasteiger partial charge in [0.15, 0.2) is 6.20 Å². The quantitative estimate of drug-likeness (QED) is 0.288. The third kappa shape index (κ3) is 2.30. The maximum Gasteiger partial charge on any atom is 0.211 e. The number of aromatic amines is 1. The predicted octanol–water partition coefficient (Wildman–Crippen LogP) is 6.78. The van der Waals surface area contributed by atoms with Gasteiger partial charge in [0.1, 0.15) is 0 Å². The van der Waals surface area contributed by atoms with Crippen LogP contribution in [0.2, 0.25) is 0 Å². The number of nitrogens with one attached hydrogen (secondary N) is 1. The highest BCUT2D eigenvalue weighted by Crippen LogP contribution is 2.31. The molecule has 0 radical (unpaired) electrons. The van der Waals surface area contributed by atoms with Crippen LogP contribution in [0, 0.1) is 0 Å². The van der Waals surface area contributed by atoms with Crippen molar-refractivity contribution in [1.82, 2.24) is 0 Å². The molecule has 0 aliphatic heterocycles. The summed E-state index contributed by atoms with van der Waals surface area (Å²) in [6.45, 7) is 0. The SMILES string of the molecule is c1ccc2c(c1)ccc1ccc(-c3cc4c(ccc5ccccc54)c[nH+]3)cc12. The highest BCUT2D eigenvalue weighted by atomic mass is 14.7. The van der Waals surface area contributed by atoms with E-state index in [1.54, 1.807) is 0 Å². The Bertz CT molecular complexity index is 1390. The lowest BCUT2D eigenvalue weighted by molar-refractivity contribution is -0.362. The molecule has 0 saturated heterocycles. The third-order valence-electron chi connectivity index (χ3n) is 5.73. The third-order valence-corrected chi connectivity index (χ3v) is 5.73. The lowest BCUT2D eigenvalue weighted by atomic mass is 9.97. The molecule has 1 N–H and O–H groups in total. The summed E-state index contributed by atoms with van der Waals surface area (Å²) in [5.74, 6) is 0. The fraction of sp³-hybridized carbons (Fsp3) is 0. The number of pyridine rings is 1. The van der Waals surface area contributed by atoms with E-state index in [2.05, 4.69) is 108 Å². The van der Waals surface area contributed by atoms with Gasteiger partial charge >= 0.3 is 0 Å². The Labute approximate surface area is 162 Å². The largest absolute Gasteiger partial charge is 0.211 e. The van der Waals surface area contributed by atoms with E-state index in [9.17, 15) is 0 Å². The van der Waals surface area contributed by atoms with E-state index in [4.69, 9.17) is 0 Å². The summed E-state index contributed by atoms with van der Waals surface area (Å²) in [5, 5.41) is 10.2. The molecule has 6 aromatic rings. The van der Waals surface area contributed by atoms with Crippen LogP contribution in [0.3, 0.4) is 0 Å². The Hall–Kier alpha value is -3.71. The standard InChI is InChI=1S/C27H17N/c1-3-7-23-18(5-1)9-10-20-11-13-21(15-25(20)23)27-16-26-22(17-28-27)14-12-19-6-2-4-8-24(19)26/h1-17H/p+1. The lowest BCUT2D eigenvalue weighted by Crippen LogP contribution is -2.05. The van der Waals surface area contributed by atoms with E-state index in [-0.39, 0.29) is 0 Å². The molecule has 0 spiro atoms. The van der Waals surface area contributed by atoms with Crippen molar-refractivity contribution in [3.8, 4) is 11.3 Å². The van der Waals surface area contributed by atoms with Crippen LogP contribution in [0.15, 0.2) is 103 Å². The van der Waals surface area contributed by atoms with E-state index in [1.165, 1.54) is 48.7 Å². The number of hydrogen-bond donors (Lipinski definition) is 0. The molecule has 5 aromatic carbocycles. The van der Waals surface area contributed by atoms with Gasteiger partial charge in [0.25, 0.3) is 0 Å². The van der Waals surface area contributed by atoms with Crippen molar-refractivity contribution >= 4 is 43.1 Å². The highest BCUT2D eigenvalue weighted by Gasteiger charge is 2.11. The summed E-state index contributed by atoms with van der Waals surface area (Å²) in [6.07, 6.45) is 2.12. The zero-order valence-corrected chi connectivity index (χ0v) is 15.3. The van der Waals surface area contributed by atoms with Crippen molar-refractivity contribution in [2.45, 2.75) is 0 Å². The Morgan fingerprint density at radius 2 is 0.964 bits per heavy atom. The van der Waals surface area contributed by atoms with Crippen molar-refractivity contribution in [3.05, 3.63) is 103 Å². The first kappa shape index (κ1) is 15.4. The van der Waals surface area contributed by atoms with Gasteiger partial charge in [-0.2, -0.15) is 0 Å². The summed E-state index contributed by atoms with van der Waals surface area (Å²) in [7, 11) is 0. The minimum Gasteiger partial charge on any atom is -0.210 e. The van der Waals surface area contributed by atoms with Crippen molar-refractivity contribution < 1.29 is 4.98 Å². The van der Waals surface area contributed by atoms with Gasteiger partial charge in [-0.1, -0.05) is 72.8 Å². The smallest absolute Gasteiger partial charge is 0.210 e. The van der Waals surface area contributed by atoms with Crippen molar-refractivity contribution in [3.63, 3.8) is 0 Å². The topological polar surface area (TPSA) is 14.1 Å². The van der Waals surface area contributed by atoms with Crippen molar-refractivity contribution in [2.75, 3.05) is 0 Å². The molecule has 0 aliphatic rings. The minimum absolute atomic E-state index is 1.14. The molecule has 0 bridgehead atoms. The first-order chi connectivity index (χ1) is 13.9. The van der Waals surface area contributed by atoms with Crippen LogP contribution >= 0.6 is 0 Å². The van der Waals surface area contributed by atoms with Crippen LogP contribution in [-0.4, -0.2) is 0 Å². The molecule has 0 atom stereocenters. The van der Waals surface area contributed by atoms with Gasteiger partial charge in [-0.15, -0.1) is 0 Å². The van der Waals surface area contributed by atoms with Crippen molar-refractivity contribution in [1.29, 1.82) is 0 Å². The zero-order chi connectivity index (χ0) is 18.5. The number of aromatic nitrogens is 1. The fourth-order valence-electron chi connectivity index (χ4n) is 4.28. The molecule has 0 amide bonds. The first-order valence-corrected chi connectivity index (χ1v) is 9.62. The van der Waals surface area contributed by atoms with Gasteiger partial charge < -0.3 is 0 Å². The first-order valence-electron chi connectivity index (χ1n) is 9.62. The average molecular weight is 356 g/mol. The maximum absolute atomic E-state index is 3.51. The molecular formula is C27H18N+. The van der Waals surface area contributed by atoms with Gasteiger partial charge in [0.05, 0.1) is 0 Å². The molecular weight excluding hydrogens is 338 g/mol. The van der Waals surface area contributed by atoms with Gasteiger partial charge in [-0.25, -0.2) is 4.98 Å². The van der Waals surface area contributed by atoms with E-state index in [1.807, 2.05) is 0 Å². The van der Waals surface area contributed by atoms with Crippen LogP contribution in [0.1, 0.15) is 0 Å². The zero-order valence-electron chi connectivity index (χ0n) is 15.3. The molecule has 6 rings (SSSR count). The molecule has 1 nitrogen and oxygen atoms in total. The Kier molecular flexibility index (Phi) is 3.24. The lowest BCUT2D eigenvalue weighted by Gasteiger charge is -2.06. The second-order valence-corrected chi connectivity index (χ2v) is 7.36. The second kappa shape index (κ2) is 5.90. The molecule has 130 valence electrons. The number of H-pyrrole nitrogens is 1. The summed E-state index contributed by atoms with van der Waals surface area (Å²) in [4.78, 5) is 3.51. The molecule has 0 aliphatic carbocycles. The van der Waals surface area contributed by atoms with E-state index in [0.29, 0.717) is 0 Å². The Balaban J connectivity index is 1.63. The Morgan fingerprint density at radius 1 is 0.429 bits per heavy atom. The molecule has 1 heterocycles. The van der Waals surface area contributed by atoms with E-state index in [0.717, 1.165) is 5.69 Å². The summed E-state index contributed by atoms with van der Waals surface area (Å²) >= 11 is 0. The number of benzene rings is 5. The molecule has 1 heteroatoms. The van der Waals surface area contributed by atoms with Crippen LogP contribution < -0.4 is 4.98 Å². The fourth-order valence-corrected chi connectivity index (χ4v) is 4.28. The van der Waals surface area contributed by atoms with Crippen LogP contribution in [-0.2, 0) is 0 Å². The van der Waals surface area contributed by atoms with Crippen LogP contribution in [0.25, 0.3) is 54.3 Å². The molecule has 0 saturated carbocycles. The molecule has 1 aromatic heterocycles. The number of hydrogen-bond acceptors (Lipinski definition) is 0. The predicted molar refractivity (Wildman–Crippen MR) is 118 cm³/mol. The average Bonchev–Trinajstić information content (AvgIpc) is 2.78. The normalized spacial score (nSPS) is 11.6. The van der Waals surface area contributed by atoms with Gasteiger partial charge in [0, 0.05) is 22.4 Å². The number of fused-ring (bicyclic) bond motifs is 6. The van der Waals surface area contributed by atoms with Gasteiger partial charge in [-0.05, 0) is 50.5 Å². The molecule has 0 fully saturated rings. The van der Waals surface area contributed by atoms with Gasteiger partial charge in [-0.3, -0.25) is 0 Å². The van der Waals surface area contributed by atoms with Crippen molar-refractivity contribution in [2.24, 2.45) is 0 Å². The van der Waals surface area contributed by atoms with Crippen LogP contribution in [0.5, 0.6) is 0 Å². The number of rotatable bonds is 1. The highest BCUT2D eigenvalue weighted by molar-refractivity contribution is 6.10. The summed E-state index contributed by atoms with van der Waals surface area (Å²) in [6, 6.07) is 35.0. The summed E-state index contributed by atoms with van der Waals surface area (Å²) in [5.41, 5.74) is 2.34. The monoisotopic (exact) mass is 356 g/mol. The van der Waals surface area contributed by atoms with E-state index < -0.39 is 0 Å². The minimum atomic E-state index is 1.14.